The van der Waals surface area contributed by atoms with E-state index in [0.29, 0.717) is 6.42 Å². The molecule has 2 unspecified atom stereocenters. The molecule has 3 aliphatic rings. The number of aryl methyl sites for hydroxylation is 2. The van der Waals surface area contributed by atoms with Crippen molar-refractivity contribution in [2.75, 3.05) is 6.54 Å². The Morgan fingerprint density at radius 1 is 1.00 bits per heavy atom. The van der Waals surface area contributed by atoms with Crippen LogP contribution >= 0.6 is 0 Å². The molecule has 0 radical (unpaired) electrons. The molecule has 0 spiro atoms. The Kier molecular flexibility index (Phi) is 4.42. The monoisotopic (exact) mass is 427 g/mol. The van der Waals surface area contributed by atoms with Gasteiger partial charge in [0.05, 0.1) is 6.04 Å². The van der Waals surface area contributed by atoms with E-state index in [2.05, 4.69) is 35.3 Å². The van der Waals surface area contributed by atoms with Crippen molar-refractivity contribution in [3.8, 4) is 0 Å². The molecule has 3 heterocycles. The maximum atomic E-state index is 13.5. The van der Waals surface area contributed by atoms with E-state index in [-0.39, 0.29) is 30.4 Å². The van der Waals surface area contributed by atoms with Gasteiger partial charge in [0.15, 0.2) is 0 Å². The predicted molar refractivity (Wildman–Crippen MR) is 124 cm³/mol. The van der Waals surface area contributed by atoms with Gasteiger partial charge in [-0.1, -0.05) is 36.4 Å². The second-order valence-corrected chi connectivity index (χ2v) is 9.78. The summed E-state index contributed by atoms with van der Waals surface area (Å²) in [6, 6.07) is 14.3. The van der Waals surface area contributed by atoms with Gasteiger partial charge >= 0.3 is 0 Å². The number of hydrogen-bond acceptors (Lipinski definition) is 2. The van der Waals surface area contributed by atoms with Crippen LogP contribution in [0.1, 0.15) is 60.7 Å². The lowest BCUT2D eigenvalue weighted by Gasteiger charge is -2.48. The van der Waals surface area contributed by atoms with E-state index >= 15 is 0 Å². The smallest absolute Gasteiger partial charge is 0.246 e. The predicted octanol–water partition coefficient (Wildman–Crippen LogP) is 4.14. The first kappa shape index (κ1) is 19.6. The molecular formula is C27H29N3O2. The number of aromatic nitrogens is 1. The molecule has 3 aromatic rings. The number of nitrogens with one attached hydrogen (secondary N) is 1. The van der Waals surface area contributed by atoms with Gasteiger partial charge in [-0.05, 0) is 67.9 Å². The number of carbonyl (C=O) groups excluding carboxylic acids is 2. The van der Waals surface area contributed by atoms with Gasteiger partial charge in [0.1, 0.15) is 12.6 Å². The third-order valence-electron chi connectivity index (χ3n) is 7.60. The Hall–Kier alpha value is -3.08. The first-order chi connectivity index (χ1) is 15.5. The molecule has 6 rings (SSSR count). The SMILES string of the molecule is CC(C)N1CC(=O)N2C(Cc3c([nH]c4ccccc34)C2c2ccc3c(c2)CCCC3)C1=O. The minimum Gasteiger partial charge on any atom is -0.356 e. The Balaban J connectivity index is 1.55. The molecule has 1 aromatic heterocycles. The van der Waals surface area contributed by atoms with Crippen molar-refractivity contribution in [3.05, 3.63) is 70.4 Å². The second-order valence-electron chi connectivity index (χ2n) is 9.78. The van der Waals surface area contributed by atoms with Crippen molar-refractivity contribution in [1.29, 1.82) is 0 Å². The Morgan fingerprint density at radius 2 is 1.78 bits per heavy atom. The molecule has 2 atom stereocenters. The third kappa shape index (κ3) is 2.83. The number of nitrogens with zero attached hydrogens (tertiary/aromatic N) is 2. The Labute approximate surface area is 188 Å². The van der Waals surface area contributed by atoms with E-state index in [4.69, 9.17) is 0 Å². The number of rotatable bonds is 2. The number of hydrogen-bond donors (Lipinski definition) is 1. The quantitative estimate of drug-likeness (QED) is 0.668. The highest BCUT2D eigenvalue weighted by molar-refractivity contribution is 5.97. The topological polar surface area (TPSA) is 56.4 Å². The molecule has 5 nitrogen and oxygen atoms in total. The summed E-state index contributed by atoms with van der Waals surface area (Å²) in [5.41, 5.74) is 7.25. The van der Waals surface area contributed by atoms with Crippen molar-refractivity contribution in [2.45, 2.75) is 64.1 Å². The number of carbonyl (C=O) groups is 2. The van der Waals surface area contributed by atoms with E-state index < -0.39 is 6.04 Å². The van der Waals surface area contributed by atoms with Gasteiger partial charge in [-0.15, -0.1) is 0 Å². The summed E-state index contributed by atoms with van der Waals surface area (Å²) >= 11 is 0. The van der Waals surface area contributed by atoms with Gasteiger partial charge in [-0.3, -0.25) is 9.59 Å². The number of para-hydroxylation sites is 1. The van der Waals surface area contributed by atoms with Crippen LogP contribution < -0.4 is 0 Å². The highest BCUT2D eigenvalue weighted by Crippen LogP contribution is 2.43. The third-order valence-corrected chi connectivity index (χ3v) is 7.60. The fraction of sp³-hybridized carbons (Fsp3) is 0.407. The molecule has 2 amide bonds. The normalized spacial score (nSPS) is 22.8. The van der Waals surface area contributed by atoms with E-state index in [1.807, 2.05) is 30.9 Å². The molecule has 2 aromatic carbocycles. The lowest BCUT2D eigenvalue weighted by molar-refractivity contribution is -0.160. The van der Waals surface area contributed by atoms with Crippen LogP contribution in [0.4, 0.5) is 0 Å². The molecule has 1 fully saturated rings. The summed E-state index contributed by atoms with van der Waals surface area (Å²) in [7, 11) is 0. The van der Waals surface area contributed by atoms with E-state index in [1.165, 1.54) is 29.5 Å². The van der Waals surface area contributed by atoms with Crippen molar-refractivity contribution >= 4 is 22.7 Å². The molecular weight excluding hydrogens is 398 g/mol. The van der Waals surface area contributed by atoms with Gasteiger partial charge in [0, 0.05) is 29.1 Å². The summed E-state index contributed by atoms with van der Waals surface area (Å²) in [4.78, 5) is 34.3. The zero-order chi connectivity index (χ0) is 22.0. The van der Waals surface area contributed by atoms with Gasteiger partial charge in [0.2, 0.25) is 11.8 Å². The summed E-state index contributed by atoms with van der Waals surface area (Å²) in [5, 5.41) is 1.16. The summed E-state index contributed by atoms with van der Waals surface area (Å²) in [5.74, 6) is 0.105. The Bertz CT molecular complexity index is 1240. The molecule has 164 valence electrons. The van der Waals surface area contributed by atoms with Gasteiger partial charge in [-0.25, -0.2) is 0 Å². The Morgan fingerprint density at radius 3 is 2.59 bits per heavy atom. The van der Waals surface area contributed by atoms with Crippen molar-refractivity contribution in [1.82, 2.24) is 14.8 Å². The average Bonchev–Trinajstić information content (AvgIpc) is 3.18. The minimum atomic E-state index is -0.452. The number of aromatic amines is 1. The van der Waals surface area contributed by atoms with Crippen LogP contribution in [0, 0.1) is 0 Å². The van der Waals surface area contributed by atoms with Crippen LogP contribution in [-0.4, -0.2) is 45.2 Å². The first-order valence-electron chi connectivity index (χ1n) is 11.9. The standard InChI is InChI=1S/C27H29N3O2/c1-16(2)29-15-24(31)30-23(27(29)32)14-21-20-9-5-6-10-22(20)28-25(21)26(30)19-12-11-17-7-3-4-8-18(17)13-19/h5-6,9-13,16,23,26,28H,3-4,7-8,14-15H2,1-2H3. The summed E-state index contributed by atoms with van der Waals surface area (Å²) in [6.45, 7) is 4.13. The van der Waals surface area contributed by atoms with Crippen molar-refractivity contribution in [3.63, 3.8) is 0 Å². The summed E-state index contributed by atoms with van der Waals surface area (Å²) < 4.78 is 0. The van der Waals surface area contributed by atoms with Gasteiger partial charge < -0.3 is 14.8 Å². The van der Waals surface area contributed by atoms with Gasteiger partial charge in [0.25, 0.3) is 0 Å². The maximum Gasteiger partial charge on any atom is 0.246 e. The largest absolute Gasteiger partial charge is 0.356 e. The molecule has 5 heteroatoms. The fourth-order valence-electron chi connectivity index (χ4n) is 5.99. The highest BCUT2D eigenvalue weighted by atomic mass is 16.2. The number of amides is 2. The second kappa shape index (κ2) is 7.22. The fourth-order valence-corrected chi connectivity index (χ4v) is 5.99. The van der Waals surface area contributed by atoms with E-state index in [9.17, 15) is 9.59 Å². The summed E-state index contributed by atoms with van der Waals surface area (Å²) in [6.07, 6.45) is 5.24. The van der Waals surface area contributed by atoms with Crippen molar-refractivity contribution < 1.29 is 9.59 Å². The van der Waals surface area contributed by atoms with E-state index in [1.54, 1.807) is 4.90 Å². The van der Waals surface area contributed by atoms with E-state index in [0.717, 1.165) is 35.0 Å². The molecule has 1 aliphatic carbocycles. The van der Waals surface area contributed by atoms with Crippen molar-refractivity contribution in [2.24, 2.45) is 0 Å². The number of H-pyrrole nitrogens is 1. The highest BCUT2D eigenvalue weighted by Gasteiger charge is 2.48. The molecule has 0 saturated carbocycles. The van der Waals surface area contributed by atoms with Gasteiger partial charge in [-0.2, -0.15) is 0 Å². The first-order valence-corrected chi connectivity index (χ1v) is 11.9. The molecule has 32 heavy (non-hydrogen) atoms. The van der Waals surface area contributed by atoms with Crippen LogP contribution in [-0.2, 0) is 28.9 Å². The van der Waals surface area contributed by atoms with Crippen LogP contribution in [0.15, 0.2) is 42.5 Å². The molecule has 2 aliphatic heterocycles. The minimum absolute atomic E-state index is 0.0140. The lowest BCUT2D eigenvalue weighted by Crippen LogP contribution is -2.64. The number of benzene rings is 2. The maximum absolute atomic E-state index is 13.5. The van der Waals surface area contributed by atoms with Crippen LogP contribution in [0.3, 0.4) is 0 Å². The van der Waals surface area contributed by atoms with Crippen LogP contribution in [0.5, 0.6) is 0 Å². The molecule has 1 N–H and O–H groups in total. The lowest BCUT2D eigenvalue weighted by atomic mass is 9.83. The zero-order valence-electron chi connectivity index (χ0n) is 18.7. The molecule has 0 bridgehead atoms. The van der Waals surface area contributed by atoms with Crippen LogP contribution in [0.25, 0.3) is 10.9 Å². The molecule has 1 saturated heterocycles. The van der Waals surface area contributed by atoms with Crippen LogP contribution in [0.2, 0.25) is 0 Å². The number of piperazine rings is 1. The number of fused-ring (bicyclic) bond motifs is 5. The average molecular weight is 428 g/mol. The zero-order valence-corrected chi connectivity index (χ0v) is 18.7.